The van der Waals surface area contributed by atoms with Crippen molar-refractivity contribution in [3.8, 4) is 0 Å². The topological polar surface area (TPSA) is 88.1 Å². The maximum Gasteiger partial charge on any atom is 0.305 e. The number of nitrogens with one attached hydrogen (secondary N) is 1. The van der Waals surface area contributed by atoms with Gasteiger partial charge in [0, 0.05) is 19.5 Å². The summed E-state index contributed by atoms with van der Waals surface area (Å²) < 4.78 is 10.0. The van der Waals surface area contributed by atoms with Crippen molar-refractivity contribution >= 4 is 11.9 Å². The average Bonchev–Trinajstić information content (AvgIpc) is 2.44. The minimum absolute atomic E-state index is 0.0177. The van der Waals surface area contributed by atoms with Gasteiger partial charge >= 0.3 is 5.97 Å². The molecule has 1 rings (SSSR count). The van der Waals surface area contributed by atoms with Crippen LogP contribution in [0, 0.1) is 0 Å². The predicted octanol–water partition coefficient (Wildman–Crippen LogP) is -0.861. The van der Waals surface area contributed by atoms with E-state index in [9.17, 15) is 14.7 Å². The van der Waals surface area contributed by atoms with Crippen LogP contribution < -0.4 is 5.32 Å². The predicted molar refractivity (Wildman–Crippen MR) is 72.1 cm³/mol. The number of ether oxygens (including phenoxy) is 2. The molecule has 2 N–H and O–H groups in total. The number of morpholine rings is 1. The molecule has 1 saturated heterocycles. The van der Waals surface area contributed by atoms with Gasteiger partial charge in [0.25, 0.3) is 0 Å². The maximum absolute atomic E-state index is 11.8. The second-order valence-electron chi connectivity index (χ2n) is 4.64. The number of hydrogen-bond donors (Lipinski definition) is 2. The molecule has 0 aliphatic carbocycles. The largest absolute Gasteiger partial charge is 0.466 e. The van der Waals surface area contributed by atoms with E-state index in [1.807, 2.05) is 4.90 Å². The highest BCUT2D eigenvalue weighted by molar-refractivity contribution is 5.78. The molecule has 0 bridgehead atoms. The van der Waals surface area contributed by atoms with E-state index in [0.29, 0.717) is 45.8 Å². The monoisotopic (exact) mass is 288 g/mol. The summed E-state index contributed by atoms with van der Waals surface area (Å²) in [6.45, 7) is 4.49. The summed E-state index contributed by atoms with van der Waals surface area (Å²) in [6, 6.07) is -0.117. The van der Waals surface area contributed by atoms with E-state index >= 15 is 0 Å². The zero-order valence-corrected chi connectivity index (χ0v) is 12.0. The molecule has 20 heavy (non-hydrogen) atoms. The fraction of sp³-hybridized carbons (Fsp3) is 0.846. The number of nitrogens with zero attached hydrogens (tertiary/aromatic N) is 1. The third-order valence-corrected chi connectivity index (χ3v) is 3.09. The van der Waals surface area contributed by atoms with Gasteiger partial charge < -0.3 is 19.9 Å². The van der Waals surface area contributed by atoms with Crippen LogP contribution in [0.1, 0.15) is 19.8 Å². The van der Waals surface area contributed by atoms with E-state index in [-0.39, 0.29) is 31.1 Å². The van der Waals surface area contributed by atoms with Crippen molar-refractivity contribution in [2.24, 2.45) is 0 Å². The molecule has 0 aromatic heterocycles. The number of carbonyl (C=O) groups is 2. The van der Waals surface area contributed by atoms with E-state index in [0.717, 1.165) is 0 Å². The Morgan fingerprint density at radius 1 is 1.50 bits per heavy atom. The van der Waals surface area contributed by atoms with Crippen molar-refractivity contribution in [2.45, 2.75) is 25.8 Å². The fourth-order valence-corrected chi connectivity index (χ4v) is 2.00. The fourth-order valence-electron chi connectivity index (χ4n) is 2.00. The summed E-state index contributed by atoms with van der Waals surface area (Å²) >= 11 is 0. The van der Waals surface area contributed by atoms with Gasteiger partial charge in [-0.25, -0.2) is 0 Å². The lowest BCUT2D eigenvalue weighted by molar-refractivity contribution is -0.143. The highest BCUT2D eigenvalue weighted by atomic mass is 16.5. The number of amides is 1. The van der Waals surface area contributed by atoms with Crippen LogP contribution in [-0.4, -0.2) is 74.0 Å². The van der Waals surface area contributed by atoms with E-state index in [2.05, 4.69) is 5.32 Å². The molecule has 0 radical (unpaired) electrons. The minimum Gasteiger partial charge on any atom is -0.466 e. The molecule has 0 saturated carbocycles. The Bertz CT molecular complexity index is 311. The molecule has 0 aromatic rings. The van der Waals surface area contributed by atoms with Gasteiger partial charge in [-0.15, -0.1) is 0 Å². The normalized spacial score (nSPS) is 19.6. The number of aliphatic hydroxyl groups excluding tert-OH is 1. The molecule has 7 heteroatoms. The van der Waals surface area contributed by atoms with Gasteiger partial charge in [-0.1, -0.05) is 0 Å². The summed E-state index contributed by atoms with van der Waals surface area (Å²) in [4.78, 5) is 24.8. The first-order valence-corrected chi connectivity index (χ1v) is 7.02. The molecule has 0 aromatic carbocycles. The lowest BCUT2D eigenvalue weighted by Crippen LogP contribution is -2.51. The first-order chi connectivity index (χ1) is 9.67. The van der Waals surface area contributed by atoms with Gasteiger partial charge in [0.05, 0.1) is 39.0 Å². The second kappa shape index (κ2) is 9.68. The van der Waals surface area contributed by atoms with Gasteiger partial charge in [0.1, 0.15) is 0 Å². The average molecular weight is 288 g/mol. The summed E-state index contributed by atoms with van der Waals surface area (Å²) in [5.41, 5.74) is 0. The van der Waals surface area contributed by atoms with E-state index in [1.54, 1.807) is 6.92 Å². The minimum atomic E-state index is -0.240. The van der Waals surface area contributed by atoms with Crippen LogP contribution in [0.4, 0.5) is 0 Å². The van der Waals surface area contributed by atoms with Gasteiger partial charge in [0.15, 0.2) is 0 Å². The third kappa shape index (κ3) is 6.31. The molecule has 1 unspecified atom stereocenters. The molecule has 1 aliphatic rings. The van der Waals surface area contributed by atoms with Crippen molar-refractivity contribution < 1.29 is 24.2 Å². The molecular weight excluding hydrogens is 264 g/mol. The van der Waals surface area contributed by atoms with Crippen LogP contribution in [0.5, 0.6) is 0 Å². The van der Waals surface area contributed by atoms with Crippen LogP contribution in [0.2, 0.25) is 0 Å². The molecule has 1 amide bonds. The first kappa shape index (κ1) is 16.9. The van der Waals surface area contributed by atoms with Crippen molar-refractivity contribution in [3.63, 3.8) is 0 Å². The number of aliphatic hydroxyl groups is 1. The number of rotatable bonds is 8. The highest BCUT2D eigenvalue weighted by Crippen LogP contribution is 2.05. The van der Waals surface area contributed by atoms with Gasteiger partial charge in [-0.05, 0) is 13.3 Å². The van der Waals surface area contributed by atoms with Gasteiger partial charge in [0.2, 0.25) is 5.91 Å². The SMILES string of the molecule is CCOC(=O)CCCNC(=O)CN1CCOCC1CO. The Morgan fingerprint density at radius 2 is 2.30 bits per heavy atom. The summed E-state index contributed by atoms with van der Waals surface area (Å²) in [5, 5.41) is 12.0. The molecule has 1 heterocycles. The summed E-state index contributed by atoms with van der Waals surface area (Å²) in [6.07, 6.45) is 0.877. The molecule has 7 nitrogen and oxygen atoms in total. The second-order valence-corrected chi connectivity index (χ2v) is 4.64. The Labute approximate surface area is 119 Å². The molecule has 1 atom stereocenters. The smallest absolute Gasteiger partial charge is 0.305 e. The highest BCUT2D eigenvalue weighted by Gasteiger charge is 2.23. The van der Waals surface area contributed by atoms with Crippen molar-refractivity contribution in [3.05, 3.63) is 0 Å². The Kier molecular flexibility index (Phi) is 8.17. The van der Waals surface area contributed by atoms with Crippen LogP contribution in [0.3, 0.4) is 0 Å². The van der Waals surface area contributed by atoms with Gasteiger partial charge in [-0.3, -0.25) is 14.5 Å². The molecule has 116 valence electrons. The molecule has 0 spiro atoms. The zero-order valence-electron chi connectivity index (χ0n) is 12.0. The van der Waals surface area contributed by atoms with E-state index in [4.69, 9.17) is 9.47 Å². The summed E-state index contributed by atoms with van der Waals surface area (Å²) in [5.74, 6) is -0.343. The van der Waals surface area contributed by atoms with Crippen LogP contribution in [0.15, 0.2) is 0 Å². The third-order valence-electron chi connectivity index (χ3n) is 3.09. The quantitative estimate of drug-likeness (QED) is 0.446. The summed E-state index contributed by atoms with van der Waals surface area (Å²) in [7, 11) is 0. The van der Waals surface area contributed by atoms with Crippen LogP contribution >= 0.6 is 0 Å². The van der Waals surface area contributed by atoms with Gasteiger partial charge in [-0.2, -0.15) is 0 Å². The zero-order chi connectivity index (χ0) is 14.8. The standard InChI is InChI=1S/C13H24N2O5/c1-2-20-13(18)4-3-5-14-12(17)8-15-6-7-19-10-11(15)9-16/h11,16H,2-10H2,1H3,(H,14,17). The lowest BCUT2D eigenvalue weighted by atomic mass is 10.2. The number of hydrogen-bond acceptors (Lipinski definition) is 6. The Balaban J connectivity index is 2.14. The Hall–Kier alpha value is -1.18. The number of carbonyl (C=O) groups excluding carboxylic acids is 2. The molecule has 1 aliphatic heterocycles. The van der Waals surface area contributed by atoms with E-state index < -0.39 is 0 Å². The maximum atomic E-state index is 11.8. The molecular formula is C13H24N2O5. The van der Waals surface area contributed by atoms with E-state index in [1.165, 1.54) is 0 Å². The first-order valence-electron chi connectivity index (χ1n) is 7.02. The lowest BCUT2D eigenvalue weighted by Gasteiger charge is -2.33. The van der Waals surface area contributed by atoms with Crippen LogP contribution in [-0.2, 0) is 19.1 Å². The van der Waals surface area contributed by atoms with Crippen molar-refractivity contribution in [2.75, 3.05) is 46.1 Å². The van der Waals surface area contributed by atoms with Crippen molar-refractivity contribution in [1.82, 2.24) is 10.2 Å². The Morgan fingerprint density at radius 3 is 3.00 bits per heavy atom. The molecule has 1 fully saturated rings. The van der Waals surface area contributed by atoms with Crippen molar-refractivity contribution in [1.29, 1.82) is 0 Å². The number of esters is 1. The van der Waals surface area contributed by atoms with Crippen LogP contribution in [0.25, 0.3) is 0 Å².